The number of hydrogen-bond donors (Lipinski definition) is 0. The van der Waals surface area contributed by atoms with E-state index < -0.39 is 0 Å². The zero-order chi connectivity index (χ0) is 26.3. The van der Waals surface area contributed by atoms with Crippen LogP contribution in [-0.2, 0) is 0 Å². The topological polar surface area (TPSA) is 3.24 Å². The van der Waals surface area contributed by atoms with E-state index in [1.807, 2.05) is 0 Å². The van der Waals surface area contributed by atoms with Crippen LogP contribution in [0.4, 0.5) is 17.1 Å². The molecule has 6 aromatic carbocycles. The Morgan fingerprint density at radius 2 is 0.923 bits per heavy atom. The maximum atomic E-state index is 2.39. The fraction of sp³-hybridized carbons (Fsp3) is 0.0526. The lowest BCUT2D eigenvalue weighted by Gasteiger charge is -2.27. The average Bonchev–Trinajstić information content (AvgIpc) is 3.31. The Labute approximate surface area is 230 Å². The Morgan fingerprint density at radius 1 is 0.436 bits per heavy atom. The number of benzene rings is 6. The lowest BCUT2D eigenvalue weighted by Crippen LogP contribution is -2.10. The molecule has 186 valence electrons. The van der Waals surface area contributed by atoms with E-state index in [2.05, 4.69) is 158 Å². The molecular formula is C38H29N. The normalized spacial score (nSPS) is 11.7. The number of fused-ring (bicyclic) bond motifs is 3. The van der Waals surface area contributed by atoms with Gasteiger partial charge in [-0.2, -0.15) is 0 Å². The molecule has 0 aromatic heterocycles. The fourth-order valence-corrected chi connectivity index (χ4v) is 5.71. The van der Waals surface area contributed by atoms with Crippen LogP contribution >= 0.6 is 0 Å². The summed E-state index contributed by atoms with van der Waals surface area (Å²) in [5, 5.41) is 2.61. The first kappa shape index (κ1) is 23.3. The minimum Gasteiger partial charge on any atom is -0.310 e. The molecule has 1 heteroatoms. The Balaban J connectivity index is 1.34. The fourth-order valence-electron chi connectivity index (χ4n) is 5.71. The second-order valence-corrected chi connectivity index (χ2v) is 10.4. The lowest BCUT2D eigenvalue weighted by molar-refractivity contribution is 1.29. The summed E-state index contributed by atoms with van der Waals surface area (Å²) in [4.78, 5) is 2.39. The van der Waals surface area contributed by atoms with Crippen molar-refractivity contribution in [1.29, 1.82) is 0 Å². The van der Waals surface area contributed by atoms with Crippen molar-refractivity contribution < 1.29 is 0 Å². The highest BCUT2D eigenvalue weighted by molar-refractivity contribution is 6.19. The molecule has 39 heavy (non-hydrogen) atoms. The summed E-state index contributed by atoms with van der Waals surface area (Å²) in [5.74, 6) is 0. The van der Waals surface area contributed by atoms with Gasteiger partial charge in [-0.25, -0.2) is 0 Å². The van der Waals surface area contributed by atoms with Gasteiger partial charge in [0.1, 0.15) is 0 Å². The number of anilines is 3. The molecule has 0 saturated heterocycles. The Kier molecular flexibility index (Phi) is 5.64. The largest absolute Gasteiger partial charge is 0.310 e. The summed E-state index contributed by atoms with van der Waals surface area (Å²) in [6.07, 6.45) is 4.36. The maximum Gasteiger partial charge on any atom is 0.0540 e. The van der Waals surface area contributed by atoms with Gasteiger partial charge in [-0.3, -0.25) is 0 Å². The van der Waals surface area contributed by atoms with E-state index in [0.717, 1.165) is 11.4 Å². The molecule has 0 saturated carbocycles. The third-order valence-electron chi connectivity index (χ3n) is 7.75. The van der Waals surface area contributed by atoms with Crippen LogP contribution < -0.4 is 4.90 Å². The van der Waals surface area contributed by atoms with Crippen LogP contribution in [0.3, 0.4) is 0 Å². The summed E-state index contributed by atoms with van der Waals surface area (Å²) in [7, 11) is 0. The van der Waals surface area contributed by atoms with Gasteiger partial charge in [0.2, 0.25) is 0 Å². The van der Waals surface area contributed by atoms with Crippen molar-refractivity contribution in [2.45, 2.75) is 13.8 Å². The highest BCUT2D eigenvalue weighted by Crippen LogP contribution is 2.50. The number of rotatable bonds is 5. The third kappa shape index (κ3) is 4.13. The number of hydrogen-bond acceptors (Lipinski definition) is 1. The van der Waals surface area contributed by atoms with Gasteiger partial charge < -0.3 is 4.90 Å². The molecule has 0 atom stereocenters. The first-order chi connectivity index (χ1) is 19.2. The zero-order valence-electron chi connectivity index (χ0n) is 22.2. The van der Waals surface area contributed by atoms with Crippen LogP contribution in [0.2, 0.25) is 0 Å². The molecular weight excluding hydrogens is 470 g/mol. The Morgan fingerprint density at radius 3 is 1.54 bits per heavy atom. The summed E-state index contributed by atoms with van der Waals surface area (Å²) in [6.45, 7) is 4.26. The van der Waals surface area contributed by atoms with E-state index in [9.17, 15) is 0 Å². The average molecular weight is 500 g/mol. The monoisotopic (exact) mass is 499 g/mol. The number of nitrogens with zero attached hydrogens (tertiary/aromatic N) is 1. The van der Waals surface area contributed by atoms with E-state index in [1.54, 1.807) is 0 Å². The van der Waals surface area contributed by atoms with Crippen molar-refractivity contribution in [3.05, 3.63) is 150 Å². The molecule has 0 spiro atoms. The van der Waals surface area contributed by atoms with Crippen molar-refractivity contribution in [2.24, 2.45) is 0 Å². The molecule has 1 aliphatic carbocycles. The molecule has 1 aliphatic rings. The number of aryl methyl sites for hydroxylation is 2. The molecule has 0 heterocycles. The lowest BCUT2D eigenvalue weighted by atomic mass is 10.00. The molecule has 0 radical (unpaired) electrons. The van der Waals surface area contributed by atoms with Crippen LogP contribution in [0.25, 0.3) is 45.2 Å². The van der Waals surface area contributed by atoms with Crippen LogP contribution in [0, 0.1) is 13.8 Å². The van der Waals surface area contributed by atoms with Gasteiger partial charge in [-0.1, -0.05) is 120 Å². The van der Waals surface area contributed by atoms with E-state index in [-0.39, 0.29) is 0 Å². The summed E-state index contributed by atoms with van der Waals surface area (Å²) in [5.41, 5.74) is 13.7. The van der Waals surface area contributed by atoms with Gasteiger partial charge in [0.25, 0.3) is 0 Å². The van der Waals surface area contributed by atoms with Crippen LogP contribution in [0.5, 0.6) is 0 Å². The highest BCUT2D eigenvalue weighted by atomic mass is 15.1. The molecule has 7 rings (SSSR count). The molecule has 1 nitrogen and oxygen atoms in total. The predicted octanol–water partition coefficient (Wildman–Crippen LogP) is 10.7. The third-order valence-corrected chi connectivity index (χ3v) is 7.75. The molecule has 0 fully saturated rings. The van der Waals surface area contributed by atoms with Gasteiger partial charge in [-0.05, 0) is 82.9 Å². The van der Waals surface area contributed by atoms with Gasteiger partial charge in [0, 0.05) is 16.8 Å². The molecule has 0 aliphatic heterocycles. The van der Waals surface area contributed by atoms with Gasteiger partial charge in [-0.15, -0.1) is 0 Å². The standard InChI is InChI=1S/C38H29N/c1-26-10-14-28(15-11-26)16-17-29-18-22-31(23-19-29)39(30-20-12-27(2)13-21-30)37-25-24-35-33-7-4-3-6-32(33)34-8-5-9-36(37)38(34)35/h3-25H,1-2H3. The van der Waals surface area contributed by atoms with Crippen molar-refractivity contribution in [3.8, 4) is 22.3 Å². The van der Waals surface area contributed by atoms with Crippen molar-refractivity contribution >= 4 is 40.0 Å². The molecule has 0 bridgehead atoms. The van der Waals surface area contributed by atoms with Crippen LogP contribution in [-0.4, -0.2) is 0 Å². The van der Waals surface area contributed by atoms with Crippen molar-refractivity contribution in [2.75, 3.05) is 4.90 Å². The highest BCUT2D eigenvalue weighted by Gasteiger charge is 2.24. The van der Waals surface area contributed by atoms with Crippen LogP contribution in [0.1, 0.15) is 22.3 Å². The summed E-state index contributed by atoms with van der Waals surface area (Å²) in [6, 6.07) is 46.4. The first-order valence-electron chi connectivity index (χ1n) is 13.5. The quantitative estimate of drug-likeness (QED) is 0.213. The summed E-state index contributed by atoms with van der Waals surface area (Å²) < 4.78 is 0. The van der Waals surface area contributed by atoms with Crippen LogP contribution in [0.15, 0.2) is 127 Å². The maximum absolute atomic E-state index is 2.39. The minimum absolute atomic E-state index is 1.14. The molecule has 6 aromatic rings. The Hall–Kier alpha value is -4.88. The SMILES string of the molecule is Cc1ccc(C=Cc2ccc(N(c3ccc(C)cc3)c3ccc4c5c(cccc35)-c3ccccc3-4)cc2)cc1. The van der Waals surface area contributed by atoms with Gasteiger partial charge in [0.15, 0.2) is 0 Å². The van der Waals surface area contributed by atoms with E-state index in [1.165, 1.54) is 61.0 Å². The molecule has 0 amide bonds. The summed E-state index contributed by atoms with van der Waals surface area (Å²) >= 11 is 0. The smallest absolute Gasteiger partial charge is 0.0540 e. The second kappa shape index (κ2) is 9.45. The molecule has 0 N–H and O–H groups in total. The van der Waals surface area contributed by atoms with E-state index in [4.69, 9.17) is 0 Å². The van der Waals surface area contributed by atoms with Crippen molar-refractivity contribution in [1.82, 2.24) is 0 Å². The van der Waals surface area contributed by atoms with E-state index in [0.29, 0.717) is 0 Å². The Bertz CT molecular complexity index is 1810. The van der Waals surface area contributed by atoms with Gasteiger partial charge in [0.05, 0.1) is 5.69 Å². The predicted molar refractivity (Wildman–Crippen MR) is 168 cm³/mol. The van der Waals surface area contributed by atoms with E-state index >= 15 is 0 Å². The first-order valence-corrected chi connectivity index (χ1v) is 13.5. The van der Waals surface area contributed by atoms with Crippen molar-refractivity contribution in [3.63, 3.8) is 0 Å². The minimum atomic E-state index is 1.14. The zero-order valence-corrected chi connectivity index (χ0v) is 22.2. The second-order valence-electron chi connectivity index (χ2n) is 10.4. The molecule has 0 unspecified atom stereocenters. The van der Waals surface area contributed by atoms with Gasteiger partial charge >= 0.3 is 0 Å².